The Kier molecular flexibility index (Phi) is 7.75. The maximum atomic E-state index is 16.6. The molecule has 0 unspecified atom stereocenters. The summed E-state index contributed by atoms with van der Waals surface area (Å²) >= 11 is 0. The van der Waals surface area contributed by atoms with Crippen LogP contribution in [-0.2, 0) is 37.4 Å². The van der Waals surface area contributed by atoms with Crippen molar-refractivity contribution in [1.82, 2.24) is 39.3 Å². The molecule has 7 rings (SSSR count). The Morgan fingerprint density at radius 2 is 1.87 bits per heavy atom. The molecule has 46 heavy (non-hydrogen) atoms. The first-order chi connectivity index (χ1) is 22.3. The highest BCUT2D eigenvalue weighted by Gasteiger charge is 2.30. The molecule has 0 saturated heterocycles. The van der Waals surface area contributed by atoms with Gasteiger partial charge in [-0.05, 0) is 67.7 Å². The number of aromatic amines is 1. The van der Waals surface area contributed by atoms with Crippen molar-refractivity contribution < 1.29 is 14.0 Å². The third-order valence-electron chi connectivity index (χ3n) is 9.17. The summed E-state index contributed by atoms with van der Waals surface area (Å²) in [6.45, 7) is 9.09. The second kappa shape index (κ2) is 12.0. The van der Waals surface area contributed by atoms with Gasteiger partial charge in [-0.25, -0.2) is 4.39 Å². The van der Waals surface area contributed by atoms with Crippen LogP contribution in [0, 0.1) is 12.7 Å². The minimum atomic E-state index is -0.431. The van der Waals surface area contributed by atoms with E-state index in [1.807, 2.05) is 55.3 Å². The molecule has 0 spiro atoms. The monoisotopic (exact) mass is 620 g/mol. The second-order valence-corrected chi connectivity index (χ2v) is 12.0. The fraction of sp³-hybridized carbons (Fsp3) is 0.343. The summed E-state index contributed by atoms with van der Waals surface area (Å²) in [5.74, 6) is -0.616. The number of benzene rings is 1. The van der Waals surface area contributed by atoms with Crippen molar-refractivity contribution in [1.29, 1.82) is 0 Å². The Labute approximate surface area is 266 Å². The highest BCUT2D eigenvalue weighted by atomic mass is 19.1. The highest BCUT2D eigenvalue weighted by Crippen LogP contribution is 2.38. The summed E-state index contributed by atoms with van der Waals surface area (Å²) < 4.78 is 20.3. The number of H-pyrrole nitrogens is 1. The van der Waals surface area contributed by atoms with E-state index in [9.17, 15) is 9.59 Å². The van der Waals surface area contributed by atoms with E-state index in [2.05, 4.69) is 33.2 Å². The van der Waals surface area contributed by atoms with Crippen molar-refractivity contribution >= 4 is 28.3 Å². The van der Waals surface area contributed by atoms with Crippen LogP contribution in [0.3, 0.4) is 0 Å². The lowest BCUT2D eigenvalue weighted by molar-refractivity contribution is -0.131. The summed E-state index contributed by atoms with van der Waals surface area (Å²) in [7, 11) is 0. The predicted molar refractivity (Wildman–Crippen MR) is 173 cm³/mol. The van der Waals surface area contributed by atoms with Crippen molar-refractivity contribution in [3.8, 4) is 11.1 Å². The van der Waals surface area contributed by atoms with Crippen molar-refractivity contribution in [2.75, 3.05) is 13.1 Å². The van der Waals surface area contributed by atoms with Crippen LogP contribution in [0.1, 0.15) is 65.3 Å². The van der Waals surface area contributed by atoms with E-state index in [1.54, 1.807) is 26.7 Å². The fourth-order valence-corrected chi connectivity index (χ4v) is 6.73. The summed E-state index contributed by atoms with van der Waals surface area (Å²) in [5.41, 5.74) is 7.55. The molecule has 11 heteroatoms. The highest BCUT2D eigenvalue weighted by molar-refractivity contribution is 6.05. The first-order valence-electron chi connectivity index (χ1n) is 15.9. The summed E-state index contributed by atoms with van der Waals surface area (Å²) in [4.78, 5) is 38.3. The molecule has 2 aliphatic rings. The predicted octanol–water partition coefficient (Wildman–Crippen LogP) is 5.51. The molecule has 0 aliphatic carbocycles. The first-order valence-corrected chi connectivity index (χ1v) is 15.9. The Bertz CT molecular complexity index is 1990. The third kappa shape index (κ3) is 5.29. The first kappa shape index (κ1) is 29.6. The van der Waals surface area contributed by atoms with Crippen LogP contribution >= 0.6 is 0 Å². The molecule has 4 aromatic heterocycles. The molecule has 1 aromatic carbocycles. The lowest BCUT2D eigenvalue weighted by atomic mass is 9.91. The van der Waals surface area contributed by atoms with Gasteiger partial charge in [-0.3, -0.25) is 23.9 Å². The van der Waals surface area contributed by atoms with Gasteiger partial charge in [0.25, 0.3) is 5.91 Å². The van der Waals surface area contributed by atoms with Gasteiger partial charge in [-0.15, -0.1) is 0 Å². The van der Waals surface area contributed by atoms with Gasteiger partial charge in [-0.1, -0.05) is 13.0 Å². The molecule has 236 valence electrons. The number of rotatable bonds is 8. The smallest absolute Gasteiger partial charge is 0.270 e. The molecule has 5 aromatic rings. The van der Waals surface area contributed by atoms with E-state index in [1.165, 1.54) is 0 Å². The number of aromatic nitrogens is 6. The van der Waals surface area contributed by atoms with Crippen LogP contribution in [-0.4, -0.2) is 64.2 Å². The van der Waals surface area contributed by atoms with E-state index < -0.39 is 5.82 Å². The van der Waals surface area contributed by atoms with Gasteiger partial charge < -0.3 is 14.8 Å². The topological polar surface area (TPSA) is 105 Å². The van der Waals surface area contributed by atoms with E-state index >= 15 is 4.39 Å². The number of carbonyl (C=O) groups is 2. The summed E-state index contributed by atoms with van der Waals surface area (Å²) in [5, 5.41) is 9.24. The molecular formula is C35H37FN8O2. The number of pyridine rings is 1. The van der Waals surface area contributed by atoms with E-state index in [-0.39, 0.29) is 17.3 Å². The van der Waals surface area contributed by atoms with E-state index in [0.29, 0.717) is 62.2 Å². The van der Waals surface area contributed by atoms with Crippen LogP contribution in [0.5, 0.6) is 0 Å². The number of nitrogens with one attached hydrogen (secondary N) is 1. The van der Waals surface area contributed by atoms with Gasteiger partial charge in [0.15, 0.2) is 5.82 Å². The Morgan fingerprint density at radius 1 is 1.00 bits per heavy atom. The van der Waals surface area contributed by atoms with E-state index in [4.69, 9.17) is 0 Å². The van der Waals surface area contributed by atoms with E-state index in [0.717, 1.165) is 52.2 Å². The average Bonchev–Trinajstić information content (AvgIpc) is 3.88. The van der Waals surface area contributed by atoms with Crippen molar-refractivity contribution in [2.24, 2.45) is 0 Å². The zero-order chi connectivity index (χ0) is 31.9. The number of amides is 2. The minimum absolute atomic E-state index is 0.00405. The van der Waals surface area contributed by atoms with Gasteiger partial charge in [0, 0.05) is 85.5 Å². The van der Waals surface area contributed by atoms with Crippen molar-refractivity contribution in [2.45, 2.75) is 66.2 Å². The van der Waals surface area contributed by atoms with Crippen LogP contribution in [0.4, 0.5) is 4.39 Å². The third-order valence-corrected chi connectivity index (χ3v) is 9.17. The maximum absolute atomic E-state index is 16.6. The molecule has 2 aliphatic heterocycles. The number of nitrogens with zero attached hydrogens (tertiary/aromatic N) is 7. The molecule has 2 amide bonds. The standard InChI is InChI=1S/C35H37FN8O2/c1-4-23-14-22(3)37-18-29(23)27-15-26(24-8-6-11-41(19-24)32(45)9-13-43-12-7-10-38-43)33(36)34-28(27)16-30(40-34)35(46)42-20-25-17-39-44(5-2)31(25)21-42/h7-8,10,12,14-18,40H,4-6,9,11,13,19-21H2,1-3H3. The summed E-state index contributed by atoms with van der Waals surface area (Å²) in [6, 6.07) is 7.53. The zero-order valence-electron chi connectivity index (χ0n) is 26.4. The Hall–Kier alpha value is -5.06. The molecule has 0 radical (unpaired) electrons. The van der Waals surface area contributed by atoms with Crippen molar-refractivity contribution in [3.05, 3.63) is 94.7 Å². The van der Waals surface area contributed by atoms with Gasteiger partial charge in [-0.2, -0.15) is 10.2 Å². The molecule has 0 atom stereocenters. The fourth-order valence-electron chi connectivity index (χ4n) is 6.73. The molecule has 6 heterocycles. The lowest BCUT2D eigenvalue weighted by Gasteiger charge is -2.28. The summed E-state index contributed by atoms with van der Waals surface area (Å²) in [6.07, 6.45) is 10.9. The quantitative estimate of drug-likeness (QED) is 0.246. The number of hydrogen-bond donors (Lipinski definition) is 1. The molecule has 10 nitrogen and oxygen atoms in total. The number of hydrogen-bond acceptors (Lipinski definition) is 5. The van der Waals surface area contributed by atoms with Gasteiger partial charge in [0.05, 0.1) is 24.0 Å². The largest absolute Gasteiger partial charge is 0.348 e. The van der Waals surface area contributed by atoms with Gasteiger partial charge in [0.1, 0.15) is 5.69 Å². The number of carbonyl (C=O) groups excluding carboxylic acids is 2. The normalized spacial score (nSPS) is 14.7. The maximum Gasteiger partial charge on any atom is 0.270 e. The SMILES string of the molecule is CCc1cc(C)ncc1-c1cc(C2=CCCN(C(=O)CCn3cccn3)C2)c(F)c2[nH]c(C(=O)N3Cc4cnn(CC)c4C3)cc12. The Balaban J connectivity index is 1.26. The van der Waals surface area contributed by atoms with Gasteiger partial charge in [0.2, 0.25) is 5.91 Å². The van der Waals surface area contributed by atoms with Crippen molar-refractivity contribution in [3.63, 3.8) is 0 Å². The number of aryl methyl sites for hydroxylation is 4. The van der Waals surface area contributed by atoms with Crippen LogP contribution in [0.2, 0.25) is 0 Å². The lowest BCUT2D eigenvalue weighted by Crippen LogP contribution is -2.36. The average molecular weight is 621 g/mol. The molecule has 1 N–H and O–H groups in total. The molecular weight excluding hydrogens is 583 g/mol. The minimum Gasteiger partial charge on any atom is -0.348 e. The van der Waals surface area contributed by atoms with Crippen LogP contribution in [0.15, 0.2) is 55.1 Å². The zero-order valence-corrected chi connectivity index (χ0v) is 26.4. The number of halogens is 1. The van der Waals surface area contributed by atoms with Gasteiger partial charge >= 0.3 is 0 Å². The number of fused-ring (bicyclic) bond motifs is 2. The van der Waals surface area contributed by atoms with Crippen LogP contribution < -0.4 is 0 Å². The molecule has 0 fully saturated rings. The Morgan fingerprint density at radius 3 is 2.65 bits per heavy atom. The molecule has 0 bridgehead atoms. The van der Waals surface area contributed by atoms with Crippen LogP contribution in [0.25, 0.3) is 27.6 Å². The molecule has 0 saturated carbocycles. The second-order valence-electron chi connectivity index (χ2n) is 12.0.